The molecule has 0 saturated carbocycles. The second-order valence-electron chi connectivity index (χ2n) is 6.39. The lowest BCUT2D eigenvalue weighted by Crippen LogP contribution is -2.31. The Kier molecular flexibility index (Phi) is 5.88. The molecule has 0 spiro atoms. The largest absolute Gasteiger partial charge is 0.490 e. The summed E-state index contributed by atoms with van der Waals surface area (Å²) < 4.78 is 8.07. The zero-order chi connectivity index (χ0) is 20.3. The van der Waals surface area contributed by atoms with Gasteiger partial charge in [-0.25, -0.2) is 4.68 Å². The summed E-state index contributed by atoms with van der Waals surface area (Å²) in [7, 11) is 0. The molecule has 10 nitrogen and oxygen atoms in total. The number of nitrogens with one attached hydrogen (secondary N) is 1. The summed E-state index contributed by atoms with van der Waals surface area (Å²) in [4.78, 5) is 24.9. The molecule has 0 atom stereocenters. The average Bonchev–Trinajstić information content (AvgIpc) is 3.12. The highest BCUT2D eigenvalue weighted by Gasteiger charge is 2.21. The summed E-state index contributed by atoms with van der Waals surface area (Å²) in [6.45, 7) is 5.87. The van der Waals surface area contributed by atoms with Crippen molar-refractivity contribution in [1.82, 2.24) is 29.6 Å². The molecule has 28 heavy (non-hydrogen) atoms. The number of anilines is 1. The van der Waals surface area contributed by atoms with Gasteiger partial charge in [0.05, 0.1) is 6.61 Å². The minimum atomic E-state index is -0.588. The Labute approximate surface area is 165 Å². The van der Waals surface area contributed by atoms with E-state index in [0.29, 0.717) is 23.8 Å². The van der Waals surface area contributed by atoms with Gasteiger partial charge in [0, 0.05) is 5.92 Å². The van der Waals surface area contributed by atoms with Crippen molar-refractivity contribution in [2.45, 2.75) is 39.7 Å². The predicted molar refractivity (Wildman–Crippen MR) is 103 cm³/mol. The topological polar surface area (TPSA) is 116 Å². The number of amides is 1. The first kappa shape index (κ1) is 19.7. The number of nitrogens with zero attached hydrogens (tertiary/aromatic N) is 6. The number of hydrogen-bond donors (Lipinski definition) is 1. The molecule has 3 heterocycles. The average molecular weight is 406 g/mol. The summed E-state index contributed by atoms with van der Waals surface area (Å²) in [6, 6.07) is 3.25. The van der Waals surface area contributed by atoms with Crippen LogP contribution in [0.15, 0.2) is 23.3 Å². The Hall–Kier alpha value is -3.01. The highest BCUT2D eigenvalue weighted by atomic mass is 35.5. The Morgan fingerprint density at radius 1 is 1.32 bits per heavy atom. The van der Waals surface area contributed by atoms with Gasteiger partial charge in [-0.05, 0) is 18.6 Å². The van der Waals surface area contributed by atoms with Gasteiger partial charge >= 0.3 is 0 Å². The van der Waals surface area contributed by atoms with Gasteiger partial charge in [0.25, 0.3) is 5.56 Å². The summed E-state index contributed by atoms with van der Waals surface area (Å²) in [5.41, 5.74) is 0.483. The monoisotopic (exact) mass is 405 g/mol. The Morgan fingerprint density at radius 2 is 2.11 bits per heavy atom. The van der Waals surface area contributed by atoms with E-state index in [4.69, 9.17) is 16.3 Å². The minimum Gasteiger partial charge on any atom is -0.490 e. The molecule has 0 aliphatic carbocycles. The molecule has 148 valence electrons. The Bertz CT molecular complexity index is 1060. The zero-order valence-electron chi connectivity index (χ0n) is 15.7. The molecule has 0 fully saturated rings. The van der Waals surface area contributed by atoms with Crippen LogP contribution in [0.4, 0.5) is 5.82 Å². The number of hydrogen-bond acceptors (Lipinski definition) is 7. The second kappa shape index (κ2) is 8.34. The second-order valence-corrected chi connectivity index (χ2v) is 6.77. The summed E-state index contributed by atoms with van der Waals surface area (Å²) in [5, 5.41) is 18.6. The number of fused-ring (bicyclic) bond motifs is 1. The van der Waals surface area contributed by atoms with Gasteiger partial charge < -0.3 is 10.1 Å². The number of aromatic nitrogens is 6. The molecular weight excluding hydrogens is 386 g/mol. The van der Waals surface area contributed by atoms with Crippen LogP contribution < -0.4 is 15.6 Å². The van der Waals surface area contributed by atoms with Crippen LogP contribution in [0.5, 0.6) is 5.75 Å². The van der Waals surface area contributed by atoms with E-state index in [-0.39, 0.29) is 23.2 Å². The van der Waals surface area contributed by atoms with E-state index in [1.807, 2.05) is 20.8 Å². The minimum absolute atomic E-state index is 0.0444. The van der Waals surface area contributed by atoms with Gasteiger partial charge in [-0.15, -0.1) is 15.3 Å². The molecule has 0 radical (unpaired) electrons. The van der Waals surface area contributed by atoms with Crippen molar-refractivity contribution in [2.75, 3.05) is 11.9 Å². The van der Waals surface area contributed by atoms with Crippen LogP contribution in [0.1, 0.15) is 38.8 Å². The van der Waals surface area contributed by atoms with Crippen LogP contribution in [0.25, 0.3) is 5.65 Å². The molecular formula is C17H20ClN7O3. The van der Waals surface area contributed by atoms with Crippen molar-refractivity contribution in [3.05, 3.63) is 39.5 Å². The third-order valence-electron chi connectivity index (χ3n) is 3.80. The third kappa shape index (κ3) is 4.11. The van der Waals surface area contributed by atoms with Crippen molar-refractivity contribution < 1.29 is 9.53 Å². The molecule has 0 unspecified atom stereocenters. The first-order valence-corrected chi connectivity index (χ1v) is 9.18. The number of carbonyl (C=O) groups excluding carboxylic acids is 1. The fourth-order valence-corrected chi connectivity index (χ4v) is 2.73. The number of halogens is 1. The van der Waals surface area contributed by atoms with E-state index in [2.05, 4.69) is 25.7 Å². The van der Waals surface area contributed by atoms with Gasteiger partial charge in [-0.2, -0.15) is 9.61 Å². The van der Waals surface area contributed by atoms with Crippen LogP contribution in [0.2, 0.25) is 5.02 Å². The van der Waals surface area contributed by atoms with Gasteiger partial charge in [0.1, 0.15) is 18.6 Å². The molecule has 1 amide bonds. The maximum Gasteiger partial charge on any atom is 0.289 e. The van der Waals surface area contributed by atoms with Gasteiger partial charge in [-0.1, -0.05) is 32.4 Å². The van der Waals surface area contributed by atoms with E-state index in [9.17, 15) is 9.59 Å². The standard InChI is InChI=1S/C17H20ClN7O3/c1-4-7-28-16-14(18)17(27)24(23-15(16)10(2)3)8-13(26)20-11-5-6-12-21-19-9-25(12)22-11/h5-6,9-10H,4,7-8H2,1-3H3,(H,20,22,26). The normalized spacial score (nSPS) is 11.2. The van der Waals surface area contributed by atoms with Crippen molar-refractivity contribution >= 4 is 29.0 Å². The lowest BCUT2D eigenvalue weighted by Gasteiger charge is -2.16. The molecule has 0 aromatic carbocycles. The van der Waals surface area contributed by atoms with Crippen molar-refractivity contribution in [1.29, 1.82) is 0 Å². The van der Waals surface area contributed by atoms with E-state index in [0.717, 1.165) is 11.1 Å². The van der Waals surface area contributed by atoms with Crippen LogP contribution >= 0.6 is 11.6 Å². The number of ether oxygens (including phenoxy) is 1. The van der Waals surface area contributed by atoms with Crippen LogP contribution in [0.3, 0.4) is 0 Å². The number of rotatable bonds is 7. The molecule has 0 aliphatic heterocycles. The molecule has 0 aliphatic rings. The van der Waals surface area contributed by atoms with E-state index in [1.54, 1.807) is 12.1 Å². The van der Waals surface area contributed by atoms with Crippen LogP contribution in [-0.2, 0) is 11.3 Å². The zero-order valence-corrected chi connectivity index (χ0v) is 16.5. The lowest BCUT2D eigenvalue weighted by atomic mass is 10.1. The van der Waals surface area contributed by atoms with Crippen molar-refractivity contribution in [3.8, 4) is 5.75 Å². The van der Waals surface area contributed by atoms with E-state index < -0.39 is 11.5 Å². The fraction of sp³-hybridized carbons (Fsp3) is 0.412. The van der Waals surface area contributed by atoms with E-state index >= 15 is 0 Å². The summed E-state index contributed by atoms with van der Waals surface area (Å²) >= 11 is 6.22. The highest BCUT2D eigenvalue weighted by Crippen LogP contribution is 2.29. The van der Waals surface area contributed by atoms with Gasteiger partial charge in [0.15, 0.2) is 22.2 Å². The molecule has 3 aromatic rings. The van der Waals surface area contributed by atoms with Gasteiger partial charge in [0.2, 0.25) is 5.91 Å². The van der Waals surface area contributed by atoms with Crippen LogP contribution in [0, 0.1) is 0 Å². The SMILES string of the molecule is CCCOc1c(C(C)C)nn(CC(=O)Nc2ccc3nncn3n2)c(=O)c1Cl. The van der Waals surface area contributed by atoms with Gasteiger partial charge in [-0.3, -0.25) is 9.59 Å². The predicted octanol–water partition coefficient (Wildman–Crippen LogP) is 1.89. The Balaban J connectivity index is 1.84. The van der Waals surface area contributed by atoms with Crippen molar-refractivity contribution in [2.24, 2.45) is 0 Å². The maximum atomic E-state index is 12.5. The summed E-state index contributed by atoms with van der Waals surface area (Å²) in [6.07, 6.45) is 2.18. The molecule has 0 saturated heterocycles. The Morgan fingerprint density at radius 3 is 2.82 bits per heavy atom. The third-order valence-corrected chi connectivity index (χ3v) is 4.14. The first-order chi connectivity index (χ1) is 13.4. The fourth-order valence-electron chi connectivity index (χ4n) is 2.48. The molecule has 1 N–H and O–H groups in total. The highest BCUT2D eigenvalue weighted by molar-refractivity contribution is 6.31. The lowest BCUT2D eigenvalue weighted by molar-refractivity contribution is -0.117. The quantitative estimate of drug-likeness (QED) is 0.637. The van der Waals surface area contributed by atoms with E-state index in [1.165, 1.54) is 10.8 Å². The van der Waals surface area contributed by atoms with Crippen LogP contribution in [-0.4, -0.2) is 42.1 Å². The number of carbonyl (C=O) groups is 1. The molecule has 0 bridgehead atoms. The van der Waals surface area contributed by atoms with Crippen molar-refractivity contribution in [3.63, 3.8) is 0 Å². The molecule has 11 heteroatoms. The molecule has 3 rings (SSSR count). The maximum absolute atomic E-state index is 12.5. The summed E-state index contributed by atoms with van der Waals surface area (Å²) in [5.74, 6) is 0.0583. The smallest absolute Gasteiger partial charge is 0.289 e. The molecule has 3 aromatic heterocycles. The first-order valence-electron chi connectivity index (χ1n) is 8.81.